The Morgan fingerprint density at radius 2 is 1.21 bits per heavy atom. The number of hydrogen-bond donors (Lipinski definition) is 4. The number of sulfone groups is 2. The zero-order valence-corrected chi connectivity index (χ0v) is 33.4. The van der Waals surface area contributed by atoms with Crippen LogP contribution in [0.3, 0.4) is 0 Å². The van der Waals surface area contributed by atoms with Crippen LogP contribution < -0.4 is 15.2 Å². The van der Waals surface area contributed by atoms with E-state index < -0.39 is 51.4 Å². The lowest BCUT2D eigenvalue weighted by atomic mass is 10.1. The highest BCUT2D eigenvalue weighted by atomic mass is 32.2. The van der Waals surface area contributed by atoms with Crippen molar-refractivity contribution in [2.24, 2.45) is 0 Å². The highest BCUT2D eigenvalue weighted by Crippen LogP contribution is 2.27. The lowest BCUT2D eigenvalue weighted by molar-refractivity contribution is -0.139. The number of rotatable bonds is 14. The summed E-state index contributed by atoms with van der Waals surface area (Å²) in [6.07, 6.45) is 0.772. The molecule has 292 valence electrons. The number of carbonyl (C=O) groups is 2. The van der Waals surface area contributed by atoms with E-state index in [2.05, 4.69) is 30.4 Å². The van der Waals surface area contributed by atoms with E-state index in [0.717, 1.165) is 22.6 Å². The van der Waals surface area contributed by atoms with Crippen molar-refractivity contribution in [2.45, 2.75) is 94.6 Å². The molecule has 2 aromatic heterocycles. The zero-order valence-electron chi connectivity index (χ0n) is 31.8. The number of methoxy groups -OCH3 is 2. The van der Waals surface area contributed by atoms with Gasteiger partial charge in [0.05, 0.1) is 31.1 Å². The number of carbonyl (C=O) groups excluding carboxylic acids is 1. The standard InChI is InChI=1S/C18H25N3O4S.C9H10N4O.C8H16O4S/c1-6-12(2)26(23,24)18(3,4)15(22)11-16-19-17(21-20-16)13-7-9-14(25-5)10-8-13;1-14-7-4-2-6(3-5-7)8-11-9(10)13-12-8;1-5-6(2)13(11,12)8(3,4)7(9)10/h7-10,12H,6,11H2,1-5H3,(H,19,20,21);2-5H,1H3,(H3,10,11,12,13);6H,5H2,1-4H3,(H,9,10)/t12-;;6-/m1.1/s1. The molecular weight excluding hydrogens is 727 g/mol. The van der Waals surface area contributed by atoms with Gasteiger partial charge in [-0.05, 0) is 103 Å². The number of ether oxygens (including phenoxy) is 2. The summed E-state index contributed by atoms with van der Waals surface area (Å²) in [4.78, 5) is 31.7. The number of carboxylic acids is 1. The number of aromatic nitrogens is 6. The molecule has 0 amide bonds. The molecule has 0 saturated carbocycles. The van der Waals surface area contributed by atoms with E-state index in [1.165, 1.54) is 34.6 Å². The van der Waals surface area contributed by atoms with Crippen LogP contribution in [0.5, 0.6) is 11.5 Å². The first kappa shape index (κ1) is 44.3. The zero-order chi connectivity index (χ0) is 40.4. The number of nitrogens with one attached hydrogen (secondary N) is 2. The van der Waals surface area contributed by atoms with Gasteiger partial charge in [0.15, 0.2) is 41.9 Å². The largest absolute Gasteiger partial charge is 0.497 e. The Morgan fingerprint density at radius 3 is 1.60 bits per heavy atom. The van der Waals surface area contributed by atoms with Gasteiger partial charge in [-0.2, -0.15) is 10.1 Å². The van der Waals surface area contributed by atoms with Gasteiger partial charge in [0, 0.05) is 11.1 Å². The number of hydrogen-bond acceptors (Lipinski definition) is 13. The second-order valence-electron chi connectivity index (χ2n) is 13.1. The number of aliphatic carboxylic acids is 1. The molecule has 53 heavy (non-hydrogen) atoms. The molecule has 2 atom stereocenters. The van der Waals surface area contributed by atoms with Crippen LogP contribution >= 0.6 is 0 Å². The predicted molar refractivity (Wildman–Crippen MR) is 203 cm³/mol. The van der Waals surface area contributed by atoms with Gasteiger partial charge in [-0.1, -0.05) is 13.8 Å². The number of anilines is 1. The third-order valence-corrected chi connectivity index (χ3v) is 14.9. The molecule has 0 radical (unpaired) electrons. The number of nitrogen functional groups attached to an aromatic ring is 1. The van der Waals surface area contributed by atoms with Crippen molar-refractivity contribution in [1.82, 2.24) is 30.4 Å². The maximum atomic E-state index is 12.6. The Bertz CT molecular complexity index is 2020. The number of aromatic amines is 2. The van der Waals surface area contributed by atoms with Crippen LogP contribution in [0.25, 0.3) is 22.8 Å². The Balaban J connectivity index is 0.000000303. The smallest absolute Gasteiger partial charge is 0.324 e. The van der Waals surface area contributed by atoms with Crippen LogP contribution in [0, 0.1) is 0 Å². The molecule has 0 fully saturated rings. The molecule has 0 spiro atoms. The first-order chi connectivity index (χ1) is 24.6. The monoisotopic (exact) mass is 777 g/mol. The van der Waals surface area contributed by atoms with Gasteiger partial charge in [-0.15, -0.1) is 5.10 Å². The SMILES string of the molecule is CC[C@@H](C)S(=O)(=O)C(C)(C)C(=O)Cc1nc(-c2ccc(OC)cc2)n[nH]1.CC[C@@H](C)S(=O)(=O)C(C)(C)C(=O)O.COc1ccc(-c2nc(N)n[nH]2)cc1. The molecule has 16 nitrogen and oxygen atoms in total. The topological polar surface area (TPSA) is 250 Å². The molecule has 0 aliphatic carbocycles. The third-order valence-electron chi connectivity index (χ3n) is 8.89. The molecule has 2 aromatic carbocycles. The number of ketones is 1. The van der Waals surface area contributed by atoms with Crippen molar-refractivity contribution in [3.8, 4) is 34.3 Å². The van der Waals surface area contributed by atoms with Crippen LogP contribution in [-0.4, -0.2) is 98.3 Å². The van der Waals surface area contributed by atoms with Gasteiger partial charge in [0.2, 0.25) is 5.95 Å². The number of nitrogens with two attached hydrogens (primary N) is 1. The summed E-state index contributed by atoms with van der Waals surface area (Å²) in [5.74, 6) is 1.51. The van der Waals surface area contributed by atoms with Crippen LogP contribution in [0.1, 0.15) is 74.1 Å². The fourth-order valence-electron chi connectivity index (χ4n) is 4.49. The van der Waals surface area contributed by atoms with E-state index in [4.69, 9.17) is 20.3 Å². The molecule has 0 saturated heterocycles. The molecule has 4 aromatic rings. The second kappa shape index (κ2) is 18.3. The summed E-state index contributed by atoms with van der Waals surface area (Å²) in [5.41, 5.74) is 7.09. The summed E-state index contributed by atoms with van der Waals surface area (Å²) in [7, 11) is -3.96. The lowest BCUT2D eigenvalue weighted by Gasteiger charge is -2.26. The van der Waals surface area contributed by atoms with Gasteiger partial charge in [0.1, 0.15) is 22.1 Å². The Labute approximate surface area is 311 Å². The number of nitrogens with zero attached hydrogens (tertiary/aromatic N) is 4. The Morgan fingerprint density at radius 1 is 0.755 bits per heavy atom. The highest BCUT2D eigenvalue weighted by Gasteiger charge is 2.45. The molecule has 5 N–H and O–H groups in total. The van der Waals surface area contributed by atoms with Crippen molar-refractivity contribution in [2.75, 3.05) is 20.0 Å². The minimum absolute atomic E-state index is 0.119. The third kappa shape index (κ3) is 10.6. The Kier molecular flexibility index (Phi) is 15.3. The van der Waals surface area contributed by atoms with Gasteiger partial charge in [-0.3, -0.25) is 19.8 Å². The molecule has 0 bridgehead atoms. The lowest BCUT2D eigenvalue weighted by Crippen LogP contribution is -2.46. The minimum Gasteiger partial charge on any atom is -0.497 e. The molecule has 0 aliphatic heterocycles. The van der Waals surface area contributed by atoms with Crippen LogP contribution in [-0.2, 0) is 35.7 Å². The predicted octanol–water partition coefficient (Wildman–Crippen LogP) is 4.71. The van der Waals surface area contributed by atoms with E-state index in [0.29, 0.717) is 30.3 Å². The average molecular weight is 778 g/mol. The number of H-pyrrole nitrogens is 2. The molecule has 0 unspecified atom stereocenters. The minimum atomic E-state index is -3.59. The van der Waals surface area contributed by atoms with E-state index in [1.807, 2.05) is 36.4 Å². The van der Waals surface area contributed by atoms with Crippen LogP contribution in [0.2, 0.25) is 0 Å². The molecule has 18 heteroatoms. The Hall–Kier alpha value is -4.84. The normalized spacial score (nSPS) is 13.0. The number of carboxylic acid groups (broad SMARTS) is 1. The average Bonchev–Trinajstić information content (AvgIpc) is 3.80. The van der Waals surface area contributed by atoms with E-state index in [1.54, 1.807) is 47.1 Å². The summed E-state index contributed by atoms with van der Waals surface area (Å²) >= 11 is 0. The van der Waals surface area contributed by atoms with E-state index >= 15 is 0 Å². The summed E-state index contributed by atoms with van der Waals surface area (Å²) < 4.78 is 55.5. The highest BCUT2D eigenvalue weighted by molar-refractivity contribution is 7.94. The van der Waals surface area contributed by atoms with E-state index in [9.17, 15) is 26.4 Å². The van der Waals surface area contributed by atoms with Crippen molar-refractivity contribution < 1.29 is 41.0 Å². The molecule has 4 rings (SSSR count). The maximum absolute atomic E-state index is 12.6. The number of Topliss-reactive ketones (excluding diaryl/α,β-unsaturated/α-hetero) is 1. The molecule has 2 heterocycles. The van der Waals surface area contributed by atoms with Gasteiger partial charge in [-0.25, -0.2) is 21.8 Å². The van der Waals surface area contributed by atoms with Crippen molar-refractivity contribution in [1.29, 1.82) is 0 Å². The second-order valence-corrected chi connectivity index (χ2v) is 18.9. The number of benzene rings is 2. The first-order valence-electron chi connectivity index (χ1n) is 16.7. The van der Waals surface area contributed by atoms with Gasteiger partial charge >= 0.3 is 5.97 Å². The molecule has 0 aliphatic rings. The van der Waals surface area contributed by atoms with Crippen molar-refractivity contribution in [3.05, 3.63) is 54.4 Å². The maximum Gasteiger partial charge on any atom is 0.324 e. The quantitative estimate of drug-likeness (QED) is 0.135. The summed E-state index contributed by atoms with van der Waals surface area (Å²) in [5, 5.41) is 20.9. The van der Waals surface area contributed by atoms with Gasteiger partial charge in [0.25, 0.3) is 0 Å². The van der Waals surface area contributed by atoms with Crippen molar-refractivity contribution >= 4 is 37.4 Å². The fraction of sp³-hybridized carbons (Fsp3) is 0.486. The van der Waals surface area contributed by atoms with Crippen LogP contribution in [0.4, 0.5) is 5.95 Å². The summed E-state index contributed by atoms with van der Waals surface area (Å²) in [6.45, 7) is 12.0. The van der Waals surface area contributed by atoms with Crippen molar-refractivity contribution in [3.63, 3.8) is 0 Å². The summed E-state index contributed by atoms with van der Waals surface area (Å²) in [6, 6.07) is 14.7. The first-order valence-corrected chi connectivity index (χ1v) is 19.8. The van der Waals surface area contributed by atoms with E-state index in [-0.39, 0.29) is 12.4 Å². The van der Waals surface area contributed by atoms with Gasteiger partial charge < -0.3 is 20.3 Å². The van der Waals surface area contributed by atoms with Crippen LogP contribution in [0.15, 0.2) is 48.5 Å². The fourth-order valence-corrected chi connectivity index (χ4v) is 8.01. The molecular formula is C35H51N7O9S2.